The summed E-state index contributed by atoms with van der Waals surface area (Å²) < 4.78 is 4.80. The highest BCUT2D eigenvalue weighted by molar-refractivity contribution is 5.94. The van der Waals surface area contributed by atoms with Crippen LogP contribution in [0.3, 0.4) is 0 Å². The second-order valence-electron chi connectivity index (χ2n) is 5.10. The van der Waals surface area contributed by atoms with Gasteiger partial charge in [0.05, 0.1) is 6.54 Å². The number of aryl methyl sites for hydroxylation is 1. The average molecular weight is 308 g/mol. The predicted octanol–water partition coefficient (Wildman–Crippen LogP) is 0.498. The molecule has 0 unspecified atom stereocenters. The van der Waals surface area contributed by atoms with E-state index in [1.54, 1.807) is 26.8 Å². The van der Waals surface area contributed by atoms with Crippen molar-refractivity contribution >= 4 is 17.8 Å². The summed E-state index contributed by atoms with van der Waals surface area (Å²) in [5, 5.41) is 14.5. The molecule has 0 atom stereocenters. The Kier molecular flexibility index (Phi) is 6.37. The first-order chi connectivity index (χ1) is 10.3. The van der Waals surface area contributed by atoms with Gasteiger partial charge >= 0.3 is 5.97 Å². The molecule has 7 heteroatoms. The number of rotatable bonds is 6. The van der Waals surface area contributed by atoms with Crippen molar-refractivity contribution in [1.82, 2.24) is 10.6 Å². The third-order valence-corrected chi connectivity index (χ3v) is 2.60. The fourth-order valence-electron chi connectivity index (χ4n) is 1.63. The molecule has 120 valence electrons. The van der Waals surface area contributed by atoms with E-state index in [1.807, 2.05) is 0 Å². The van der Waals surface area contributed by atoms with Crippen molar-refractivity contribution in [2.45, 2.75) is 26.8 Å². The lowest BCUT2D eigenvalue weighted by atomic mass is 10.1. The van der Waals surface area contributed by atoms with Gasteiger partial charge in [0.2, 0.25) is 5.91 Å². The molecule has 0 saturated carbocycles. The average Bonchev–Trinajstić information content (AvgIpc) is 2.44. The summed E-state index contributed by atoms with van der Waals surface area (Å²) in [7, 11) is 0. The van der Waals surface area contributed by atoms with Crippen LogP contribution in [-0.4, -0.2) is 42.1 Å². The third kappa shape index (κ3) is 5.82. The van der Waals surface area contributed by atoms with E-state index in [1.165, 1.54) is 12.1 Å². The van der Waals surface area contributed by atoms with Crippen LogP contribution in [0.5, 0.6) is 5.75 Å². The van der Waals surface area contributed by atoms with Crippen LogP contribution in [0.25, 0.3) is 0 Å². The van der Waals surface area contributed by atoms with Crippen LogP contribution in [0.4, 0.5) is 0 Å². The van der Waals surface area contributed by atoms with Crippen molar-refractivity contribution in [3.8, 4) is 5.75 Å². The number of ether oxygens (including phenoxy) is 1. The van der Waals surface area contributed by atoms with Crippen molar-refractivity contribution in [2.24, 2.45) is 0 Å². The van der Waals surface area contributed by atoms with Crippen molar-refractivity contribution < 1.29 is 24.2 Å². The van der Waals surface area contributed by atoms with Crippen molar-refractivity contribution in [3.05, 3.63) is 29.3 Å². The Balaban J connectivity index is 2.42. The standard InChI is InChI=1S/C15H20N2O5/c1-9(2)17-13(19)7-16-14(20)8-22-15(21)11-6-10(3)4-5-12(11)18/h4-6,9,18H,7-8H2,1-3H3,(H,16,20)(H,17,19). The monoisotopic (exact) mass is 308 g/mol. The molecule has 0 aromatic heterocycles. The lowest BCUT2D eigenvalue weighted by Crippen LogP contribution is -2.41. The van der Waals surface area contributed by atoms with Gasteiger partial charge < -0.3 is 20.5 Å². The minimum Gasteiger partial charge on any atom is -0.507 e. The predicted molar refractivity (Wildman–Crippen MR) is 79.4 cm³/mol. The highest BCUT2D eigenvalue weighted by Gasteiger charge is 2.15. The molecule has 1 aromatic carbocycles. The van der Waals surface area contributed by atoms with Crippen LogP contribution in [-0.2, 0) is 14.3 Å². The first kappa shape index (κ1) is 17.5. The molecule has 2 amide bonds. The Morgan fingerprint density at radius 2 is 1.91 bits per heavy atom. The zero-order valence-electron chi connectivity index (χ0n) is 12.8. The molecule has 7 nitrogen and oxygen atoms in total. The Morgan fingerprint density at radius 1 is 1.23 bits per heavy atom. The number of carbonyl (C=O) groups is 3. The number of aromatic hydroxyl groups is 1. The van der Waals surface area contributed by atoms with Gasteiger partial charge in [-0.2, -0.15) is 0 Å². The maximum Gasteiger partial charge on any atom is 0.342 e. The number of phenolic OH excluding ortho intramolecular Hbond substituents is 1. The number of amides is 2. The Hall–Kier alpha value is -2.57. The van der Waals surface area contributed by atoms with E-state index in [9.17, 15) is 19.5 Å². The second-order valence-corrected chi connectivity index (χ2v) is 5.10. The first-order valence-electron chi connectivity index (χ1n) is 6.82. The van der Waals surface area contributed by atoms with Gasteiger partial charge in [-0.15, -0.1) is 0 Å². The lowest BCUT2D eigenvalue weighted by Gasteiger charge is -2.10. The summed E-state index contributed by atoms with van der Waals surface area (Å²) in [6.45, 7) is 4.65. The Bertz CT molecular complexity index is 569. The molecule has 22 heavy (non-hydrogen) atoms. The molecule has 1 aromatic rings. The number of hydrogen-bond donors (Lipinski definition) is 3. The van der Waals surface area contributed by atoms with Gasteiger partial charge in [-0.3, -0.25) is 9.59 Å². The van der Waals surface area contributed by atoms with Gasteiger partial charge in [-0.25, -0.2) is 4.79 Å². The highest BCUT2D eigenvalue weighted by atomic mass is 16.5. The molecule has 0 aliphatic rings. The van der Waals surface area contributed by atoms with E-state index in [4.69, 9.17) is 4.74 Å². The molecule has 0 aliphatic carbocycles. The van der Waals surface area contributed by atoms with Crippen molar-refractivity contribution in [3.63, 3.8) is 0 Å². The Morgan fingerprint density at radius 3 is 2.55 bits per heavy atom. The molecule has 0 bridgehead atoms. The summed E-state index contributed by atoms with van der Waals surface area (Å²) in [5.74, 6) is -1.94. The number of esters is 1. The van der Waals surface area contributed by atoms with Gasteiger partial charge in [0, 0.05) is 6.04 Å². The maximum atomic E-state index is 11.8. The molecular weight excluding hydrogens is 288 g/mol. The fraction of sp³-hybridized carbons (Fsp3) is 0.400. The second kappa shape index (κ2) is 8.02. The largest absolute Gasteiger partial charge is 0.507 e. The minimum atomic E-state index is -0.803. The summed E-state index contributed by atoms with van der Waals surface area (Å²) >= 11 is 0. The van der Waals surface area contributed by atoms with Crippen LogP contribution in [0.1, 0.15) is 29.8 Å². The number of hydrogen-bond acceptors (Lipinski definition) is 5. The molecule has 0 radical (unpaired) electrons. The molecule has 1 rings (SSSR count). The fourth-order valence-corrected chi connectivity index (χ4v) is 1.63. The zero-order chi connectivity index (χ0) is 16.7. The number of nitrogens with one attached hydrogen (secondary N) is 2. The van der Waals surface area contributed by atoms with Gasteiger partial charge in [0.15, 0.2) is 6.61 Å². The normalized spacial score (nSPS) is 10.2. The van der Waals surface area contributed by atoms with Gasteiger partial charge in [-0.05, 0) is 32.9 Å². The minimum absolute atomic E-state index is 0.00893. The quantitative estimate of drug-likeness (QED) is 0.664. The molecule has 0 aliphatic heterocycles. The number of phenols is 1. The lowest BCUT2D eigenvalue weighted by molar-refractivity contribution is -0.128. The van der Waals surface area contributed by atoms with Gasteiger partial charge in [-0.1, -0.05) is 11.6 Å². The summed E-state index contributed by atoms with van der Waals surface area (Å²) in [6.07, 6.45) is 0. The summed E-state index contributed by atoms with van der Waals surface area (Å²) in [6, 6.07) is 4.46. The zero-order valence-corrected chi connectivity index (χ0v) is 12.8. The molecule has 0 fully saturated rings. The van der Waals surface area contributed by atoms with E-state index in [2.05, 4.69) is 10.6 Å². The first-order valence-corrected chi connectivity index (χ1v) is 6.82. The molecule has 3 N–H and O–H groups in total. The number of carbonyl (C=O) groups excluding carboxylic acids is 3. The summed E-state index contributed by atoms with van der Waals surface area (Å²) in [5.41, 5.74) is 0.768. The van der Waals surface area contributed by atoms with Crippen molar-refractivity contribution in [1.29, 1.82) is 0 Å². The smallest absolute Gasteiger partial charge is 0.342 e. The maximum absolute atomic E-state index is 11.8. The van der Waals surface area contributed by atoms with E-state index >= 15 is 0 Å². The summed E-state index contributed by atoms with van der Waals surface area (Å²) in [4.78, 5) is 34.6. The van der Waals surface area contributed by atoms with E-state index in [0.717, 1.165) is 5.56 Å². The van der Waals surface area contributed by atoms with E-state index < -0.39 is 18.5 Å². The van der Waals surface area contributed by atoms with Gasteiger partial charge in [0.25, 0.3) is 5.91 Å². The molecule has 0 saturated heterocycles. The van der Waals surface area contributed by atoms with Crippen LogP contribution in [0, 0.1) is 6.92 Å². The van der Waals surface area contributed by atoms with Crippen LogP contribution < -0.4 is 10.6 Å². The van der Waals surface area contributed by atoms with Gasteiger partial charge in [0.1, 0.15) is 11.3 Å². The van der Waals surface area contributed by atoms with Crippen LogP contribution in [0.2, 0.25) is 0 Å². The molecular formula is C15H20N2O5. The topological polar surface area (TPSA) is 105 Å². The Labute approximate surface area is 128 Å². The molecule has 0 heterocycles. The van der Waals surface area contributed by atoms with Crippen LogP contribution in [0.15, 0.2) is 18.2 Å². The third-order valence-electron chi connectivity index (χ3n) is 2.60. The number of benzene rings is 1. The SMILES string of the molecule is Cc1ccc(O)c(C(=O)OCC(=O)NCC(=O)NC(C)C)c1. The molecule has 0 spiro atoms. The highest BCUT2D eigenvalue weighted by Crippen LogP contribution is 2.18. The van der Waals surface area contributed by atoms with Crippen LogP contribution >= 0.6 is 0 Å². The van der Waals surface area contributed by atoms with E-state index in [-0.39, 0.29) is 29.8 Å². The van der Waals surface area contributed by atoms with E-state index in [0.29, 0.717) is 0 Å². The van der Waals surface area contributed by atoms with Crippen molar-refractivity contribution in [2.75, 3.05) is 13.2 Å².